The van der Waals surface area contributed by atoms with E-state index in [2.05, 4.69) is 0 Å². The van der Waals surface area contributed by atoms with E-state index in [9.17, 15) is 8.42 Å². The Morgan fingerprint density at radius 1 is 1.05 bits per heavy atom. The fraction of sp³-hybridized carbons (Fsp3) is 0.143. The first-order valence-corrected chi connectivity index (χ1v) is 7.71. The summed E-state index contributed by atoms with van der Waals surface area (Å²) >= 11 is 5.75. The van der Waals surface area contributed by atoms with Gasteiger partial charge in [0.1, 0.15) is 0 Å². The Bertz CT molecular complexity index is 666. The number of hydrogen-bond acceptors (Lipinski definition) is 2. The van der Waals surface area contributed by atoms with Crippen molar-refractivity contribution in [1.29, 1.82) is 0 Å². The van der Waals surface area contributed by atoms with Gasteiger partial charge in [-0.2, -0.15) is 8.42 Å². The molecule has 0 fully saturated rings. The second kappa shape index (κ2) is 5.74. The van der Waals surface area contributed by atoms with E-state index in [0.717, 1.165) is 16.7 Å². The normalized spacial score (nSPS) is 11.5. The molecule has 0 aliphatic carbocycles. The van der Waals surface area contributed by atoms with Crippen LogP contribution in [-0.2, 0) is 16.5 Å². The van der Waals surface area contributed by atoms with Crippen molar-refractivity contribution in [2.45, 2.75) is 11.3 Å². The van der Waals surface area contributed by atoms with Gasteiger partial charge in [0.2, 0.25) is 0 Å². The van der Waals surface area contributed by atoms with Crippen LogP contribution in [-0.4, -0.2) is 18.9 Å². The number of alkyl halides is 1. The van der Waals surface area contributed by atoms with Gasteiger partial charge in [-0.3, -0.25) is 4.55 Å². The summed E-state index contributed by atoms with van der Waals surface area (Å²) in [6.45, 7) is 0. The van der Waals surface area contributed by atoms with Crippen LogP contribution < -0.4 is 0 Å². The third-order valence-electron chi connectivity index (χ3n) is 2.82. The molecule has 0 radical (unpaired) electrons. The monoisotopic (exact) mass is 296 g/mol. The lowest BCUT2D eigenvalue weighted by Crippen LogP contribution is -2.01. The van der Waals surface area contributed by atoms with Gasteiger partial charge in [0, 0.05) is 5.88 Å². The van der Waals surface area contributed by atoms with Crippen molar-refractivity contribution >= 4 is 21.7 Å². The van der Waals surface area contributed by atoms with Crippen LogP contribution in [0.1, 0.15) is 5.56 Å². The molecule has 0 saturated heterocycles. The number of hydrogen-bond donors (Lipinski definition) is 1. The lowest BCUT2D eigenvalue weighted by molar-refractivity contribution is 0.483. The van der Waals surface area contributed by atoms with Crippen LogP contribution in [0, 0.1) is 0 Å². The smallest absolute Gasteiger partial charge is 0.282 e. The SMILES string of the molecule is O=S(=O)(O)c1ccc(-c2ccccc2)c(CCCl)c1. The summed E-state index contributed by atoms with van der Waals surface area (Å²) in [5.41, 5.74) is 2.72. The molecule has 0 aromatic heterocycles. The van der Waals surface area contributed by atoms with E-state index in [1.54, 1.807) is 6.07 Å². The molecule has 0 unspecified atom stereocenters. The molecule has 3 nitrogen and oxygen atoms in total. The number of halogens is 1. The first-order chi connectivity index (χ1) is 9.02. The Morgan fingerprint density at radius 3 is 2.32 bits per heavy atom. The number of benzene rings is 2. The molecule has 0 heterocycles. The molecule has 19 heavy (non-hydrogen) atoms. The van der Waals surface area contributed by atoms with Crippen LogP contribution in [0.4, 0.5) is 0 Å². The van der Waals surface area contributed by atoms with E-state index < -0.39 is 10.1 Å². The molecule has 2 aromatic rings. The quantitative estimate of drug-likeness (QED) is 0.695. The van der Waals surface area contributed by atoms with E-state index in [-0.39, 0.29) is 4.90 Å². The predicted molar refractivity (Wildman–Crippen MR) is 76.1 cm³/mol. The number of aryl methyl sites for hydroxylation is 1. The van der Waals surface area contributed by atoms with Crippen molar-refractivity contribution in [3.05, 3.63) is 54.1 Å². The highest BCUT2D eigenvalue weighted by molar-refractivity contribution is 7.85. The van der Waals surface area contributed by atoms with E-state index >= 15 is 0 Å². The zero-order chi connectivity index (χ0) is 13.9. The summed E-state index contributed by atoms with van der Waals surface area (Å²) in [7, 11) is -4.19. The third kappa shape index (κ3) is 3.35. The molecule has 0 atom stereocenters. The molecule has 0 saturated carbocycles. The van der Waals surface area contributed by atoms with Gasteiger partial charge in [0.15, 0.2) is 0 Å². The zero-order valence-corrected chi connectivity index (χ0v) is 11.7. The van der Waals surface area contributed by atoms with Crippen LogP contribution >= 0.6 is 11.6 Å². The summed E-state index contributed by atoms with van der Waals surface area (Å²) in [4.78, 5) is -0.104. The van der Waals surface area contributed by atoms with Crippen LogP contribution in [0.25, 0.3) is 11.1 Å². The van der Waals surface area contributed by atoms with Gasteiger partial charge < -0.3 is 0 Å². The van der Waals surface area contributed by atoms with Crippen LogP contribution in [0.15, 0.2) is 53.4 Å². The highest BCUT2D eigenvalue weighted by atomic mass is 35.5. The third-order valence-corrected chi connectivity index (χ3v) is 3.86. The van der Waals surface area contributed by atoms with Gasteiger partial charge in [-0.05, 0) is 35.2 Å². The van der Waals surface area contributed by atoms with Crippen molar-refractivity contribution in [3.8, 4) is 11.1 Å². The molecule has 0 amide bonds. The maximum Gasteiger partial charge on any atom is 0.294 e. The molecule has 5 heteroatoms. The van der Waals surface area contributed by atoms with Crippen molar-refractivity contribution in [2.24, 2.45) is 0 Å². The van der Waals surface area contributed by atoms with Gasteiger partial charge in [0.05, 0.1) is 4.90 Å². The molecule has 2 aromatic carbocycles. The molecule has 1 N–H and O–H groups in total. The summed E-state index contributed by atoms with van der Waals surface area (Å²) < 4.78 is 31.4. The van der Waals surface area contributed by atoms with E-state index in [1.165, 1.54) is 12.1 Å². The average Bonchev–Trinajstić information content (AvgIpc) is 2.39. The fourth-order valence-corrected chi connectivity index (χ4v) is 2.67. The maximum atomic E-state index is 11.2. The second-order valence-electron chi connectivity index (χ2n) is 4.10. The van der Waals surface area contributed by atoms with Gasteiger partial charge in [-0.15, -0.1) is 11.6 Å². The average molecular weight is 297 g/mol. The minimum Gasteiger partial charge on any atom is -0.282 e. The van der Waals surface area contributed by atoms with Gasteiger partial charge >= 0.3 is 0 Å². The zero-order valence-electron chi connectivity index (χ0n) is 10.1. The highest BCUT2D eigenvalue weighted by Gasteiger charge is 2.13. The Balaban J connectivity index is 2.56. The van der Waals surface area contributed by atoms with E-state index in [1.807, 2.05) is 30.3 Å². The largest absolute Gasteiger partial charge is 0.294 e. The Hall–Kier alpha value is -1.36. The van der Waals surface area contributed by atoms with Crippen molar-refractivity contribution < 1.29 is 13.0 Å². The maximum absolute atomic E-state index is 11.2. The van der Waals surface area contributed by atoms with Crippen LogP contribution in [0.3, 0.4) is 0 Å². The lowest BCUT2D eigenvalue weighted by atomic mass is 9.98. The topological polar surface area (TPSA) is 54.4 Å². The molecular formula is C14H13ClO3S. The molecule has 0 spiro atoms. The standard InChI is InChI=1S/C14H13ClO3S/c15-9-8-12-10-13(19(16,17)18)6-7-14(12)11-4-2-1-3-5-11/h1-7,10H,8-9H2,(H,16,17,18). The highest BCUT2D eigenvalue weighted by Crippen LogP contribution is 2.26. The van der Waals surface area contributed by atoms with Crippen molar-refractivity contribution in [2.75, 3.05) is 5.88 Å². The molecule has 2 rings (SSSR count). The van der Waals surface area contributed by atoms with Gasteiger partial charge in [-0.25, -0.2) is 0 Å². The predicted octanol–water partition coefficient (Wildman–Crippen LogP) is 3.38. The van der Waals surface area contributed by atoms with E-state index in [4.69, 9.17) is 16.2 Å². The van der Waals surface area contributed by atoms with Gasteiger partial charge in [0.25, 0.3) is 10.1 Å². The number of rotatable bonds is 4. The fourth-order valence-electron chi connectivity index (χ4n) is 1.94. The first-order valence-electron chi connectivity index (χ1n) is 5.74. The molecular weight excluding hydrogens is 284 g/mol. The minimum atomic E-state index is -4.19. The Labute approximate surface area is 117 Å². The summed E-state index contributed by atoms with van der Waals surface area (Å²) in [6, 6.07) is 14.2. The van der Waals surface area contributed by atoms with Crippen molar-refractivity contribution in [3.63, 3.8) is 0 Å². The second-order valence-corrected chi connectivity index (χ2v) is 5.90. The van der Waals surface area contributed by atoms with Gasteiger partial charge in [-0.1, -0.05) is 36.4 Å². The summed E-state index contributed by atoms with van der Waals surface area (Å²) in [5.74, 6) is 0.384. The van der Waals surface area contributed by atoms with Crippen LogP contribution in [0.5, 0.6) is 0 Å². The molecule has 0 aliphatic rings. The molecule has 0 aliphatic heterocycles. The first kappa shape index (κ1) is 14.1. The lowest BCUT2D eigenvalue weighted by Gasteiger charge is -2.10. The summed E-state index contributed by atoms with van der Waals surface area (Å²) in [5, 5.41) is 0. The summed E-state index contributed by atoms with van der Waals surface area (Å²) in [6.07, 6.45) is 0.537. The minimum absolute atomic E-state index is 0.104. The Kier molecular flexibility index (Phi) is 4.24. The molecule has 0 bridgehead atoms. The van der Waals surface area contributed by atoms with E-state index in [0.29, 0.717) is 12.3 Å². The van der Waals surface area contributed by atoms with Crippen LogP contribution in [0.2, 0.25) is 0 Å². The van der Waals surface area contributed by atoms with Crippen molar-refractivity contribution in [1.82, 2.24) is 0 Å². The molecule has 100 valence electrons. The Morgan fingerprint density at radius 2 is 1.74 bits per heavy atom.